The average Bonchev–Trinajstić information content (AvgIpc) is 1.80. The summed E-state index contributed by atoms with van der Waals surface area (Å²) in [6.07, 6.45) is 1.12. The minimum atomic E-state index is 0.310. The lowest BCUT2D eigenvalue weighted by Gasteiger charge is -2.29. The van der Waals surface area contributed by atoms with Crippen LogP contribution >= 0.6 is 12.2 Å². The van der Waals surface area contributed by atoms with E-state index in [4.69, 9.17) is 12.2 Å². The number of thiocarbonyl (C=S) groups is 1. The zero-order chi connectivity index (χ0) is 8.20. The zero-order valence-electron chi connectivity index (χ0n) is 7.27. The Bertz CT molecular complexity index is 104. The highest BCUT2D eigenvalue weighted by Gasteiger charge is 2.20. The van der Waals surface area contributed by atoms with Gasteiger partial charge in [0.2, 0.25) is 0 Å². The van der Waals surface area contributed by atoms with Crippen LogP contribution in [-0.4, -0.2) is 11.5 Å². The highest BCUT2D eigenvalue weighted by molar-refractivity contribution is 7.78. The lowest BCUT2D eigenvalue weighted by molar-refractivity contribution is 0.292. The van der Waals surface area contributed by atoms with Crippen molar-refractivity contribution in [1.29, 1.82) is 0 Å². The molecule has 1 atom stereocenters. The summed E-state index contributed by atoms with van der Waals surface area (Å²) < 4.78 is 0. The summed E-state index contributed by atoms with van der Waals surface area (Å²) in [5.74, 6) is 0. The standard InChI is InChI=1S/C8H17NS/c1-5-7(9-6-10)8(2,3)4/h6-7H,5H2,1-4H3,(H,9,10). The predicted octanol–water partition coefficient (Wildman–Crippen LogP) is 2.36. The van der Waals surface area contributed by atoms with Crippen LogP contribution in [0.1, 0.15) is 34.1 Å². The van der Waals surface area contributed by atoms with Crippen molar-refractivity contribution in [3.63, 3.8) is 0 Å². The molecule has 0 aromatic rings. The monoisotopic (exact) mass is 159 g/mol. The molecule has 0 aliphatic carbocycles. The molecule has 2 heteroatoms. The van der Waals surface area contributed by atoms with Gasteiger partial charge in [-0.05, 0) is 11.8 Å². The second-order valence-electron chi connectivity index (χ2n) is 3.61. The van der Waals surface area contributed by atoms with Crippen LogP contribution in [0.3, 0.4) is 0 Å². The number of rotatable bonds is 3. The fourth-order valence-electron chi connectivity index (χ4n) is 1.06. The van der Waals surface area contributed by atoms with Crippen molar-refractivity contribution < 1.29 is 0 Å². The molecular formula is C8H17NS. The van der Waals surface area contributed by atoms with E-state index >= 15 is 0 Å². The van der Waals surface area contributed by atoms with Crippen LogP contribution in [0.5, 0.6) is 0 Å². The maximum atomic E-state index is 4.73. The van der Waals surface area contributed by atoms with Crippen molar-refractivity contribution in [2.45, 2.75) is 40.2 Å². The smallest absolute Gasteiger partial charge is 0.0617 e. The second kappa shape index (κ2) is 3.91. The third-order valence-electron chi connectivity index (χ3n) is 1.72. The second-order valence-corrected chi connectivity index (χ2v) is 3.85. The van der Waals surface area contributed by atoms with Gasteiger partial charge in [-0.2, -0.15) is 0 Å². The molecule has 0 aromatic carbocycles. The molecule has 0 spiro atoms. The molecule has 1 N–H and O–H groups in total. The predicted molar refractivity (Wildman–Crippen MR) is 50.3 cm³/mol. The molecule has 0 rings (SSSR count). The first-order valence-electron chi connectivity index (χ1n) is 3.72. The molecule has 0 saturated carbocycles. The molecule has 60 valence electrons. The van der Waals surface area contributed by atoms with Crippen molar-refractivity contribution in [2.75, 3.05) is 0 Å². The summed E-state index contributed by atoms with van der Waals surface area (Å²) >= 11 is 4.73. The van der Waals surface area contributed by atoms with Crippen LogP contribution in [0.25, 0.3) is 0 Å². The largest absolute Gasteiger partial charge is 0.379 e. The number of nitrogens with one attached hydrogen (secondary N) is 1. The van der Waals surface area contributed by atoms with E-state index in [1.165, 1.54) is 0 Å². The molecule has 0 aromatic heterocycles. The van der Waals surface area contributed by atoms with E-state index in [1.807, 2.05) is 0 Å². The van der Waals surface area contributed by atoms with Crippen LogP contribution in [-0.2, 0) is 0 Å². The zero-order valence-corrected chi connectivity index (χ0v) is 8.09. The van der Waals surface area contributed by atoms with Crippen LogP contribution in [0, 0.1) is 5.41 Å². The first-order valence-corrected chi connectivity index (χ1v) is 4.19. The SMILES string of the molecule is CCC(NC=S)C(C)(C)C. The van der Waals surface area contributed by atoms with Gasteiger partial charge in [0.25, 0.3) is 0 Å². The van der Waals surface area contributed by atoms with Gasteiger partial charge in [0.15, 0.2) is 0 Å². The average molecular weight is 159 g/mol. The third kappa shape index (κ3) is 3.16. The molecule has 0 saturated heterocycles. The van der Waals surface area contributed by atoms with Crippen LogP contribution in [0.4, 0.5) is 0 Å². The summed E-state index contributed by atoms with van der Waals surface area (Å²) in [6.45, 7) is 8.81. The maximum Gasteiger partial charge on any atom is 0.0617 e. The molecular weight excluding hydrogens is 142 g/mol. The van der Waals surface area contributed by atoms with Gasteiger partial charge >= 0.3 is 0 Å². The molecule has 1 nitrogen and oxygen atoms in total. The van der Waals surface area contributed by atoms with Gasteiger partial charge in [-0.1, -0.05) is 39.9 Å². The van der Waals surface area contributed by atoms with Crippen molar-refractivity contribution >= 4 is 17.7 Å². The van der Waals surface area contributed by atoms with Gasteiger partial charge < -0.3 is 5.32 Å². The molecule has 10 heavy (non-hydrogen) atoms. The van der Waals surface area contributed by atoms with Crippen molar-refractivity contribution in [3.05, 3.63) is 0 Å². The topological polar surface area (TPSA) is 12.0 Å². The van der Waals surface area contributed by atoms with Crippen LogP contribution in [0.2, 0.25) is 0 Å². The Labute approximate surface area is 69.2 Å². The van der Waals surface area contributed by atoms with E-state index in [0.717, 1.165) is 6.42 Å². The van der Waals surface area contributed by atoms with E-state index in [0.29, 0.717) is 11.5 Å². The minimum absolute atomic E-state index is 0.310. The molecule has 1 unspecified atom stereocenters. The Morgan fingerprint density at radius 2 is 2.00 bits per heavy atom. The summed E-state index contributed by atoms with van der Waals surface area (Å²) in [5, 5.41) is 3.16. The van der Waals surface area contributed by atoms with Gasteiger partial charge in [-0.3, -0.25) is 0 Å². The number of hydrogen-bond acceptors (Lipinski definition) is 1. The molecule has 0 radical (unpaired) electrons. The van der Waals surface area contributed by atoms with Gasteiger partial charge in [-0.15, -0.1) is 0 Å². The highest BCUT2D eigenvalue weighted by Crippen LogP contribution is 2.20. The Morgan fingerprint density at radius 3 is 2.10 bits per heavy atom. The summed E-state index contributed by atoms with van der Waals surface area (Å²) in [6, 6.07) is 0.505. The third-order valence-corrected chi connectivity index (χ3v) is 1.86. The Kier molecular flexibility index (Phi) is 3.87. The molecule has 0 aliphatic heterocycles. The normalized spacial score (nSPS) is 14.4. The molecule has 0 fully saturated rings. The van der Waals surface area contributed by atoms with Crippen LogP contribution < -0.4 is 5.32 Å². The summed E-state index contributed by atoms with van der Waals surface area (Å²) in [7, 11) is 0. The van der Waals surface area contributed by atoms with Gasteiger partial charge in [0, 0.05) is 6.04 Å². The van der Waals surface area contributed by atoms with E-state index in [9.17, 15) is 0 Å². The quantitative estimate of drug-likeness (QED) is 0.634. The van der Waals surface area contributed by atoms with Crippen molar-refractivity contribution in [3.8, 4) is 0 Å². The Balaban J connectivity index is 3.92. The first-order chi connectivity index (χ1) is 4.52. The summed E-state index contributed by atoms with van der Waals surface area (Å²) in [5.41, 5.74) is 1.92. The molecule has 0 amide bonds. The Hall–Kier alpha value is -0.110. The summed E-state index contributed by atoms with van der Waals surface area (Å²) in [4.78, 5) is 0. The van der Waals surface area contributed by atoms with Gasteiger partial charge in [-0.25, -0.2) is 0 Å². The lowest BCUT2D eigenvalue weighted by atomic mass is 9.85. The Morgan fingerprint density at radius 1 is 1.50 bits per heavy atom. The van der Waals surface area contributed by atoms with E-state index in [-0.39, 0.29) is 0 Å². The van der Waals surface area contributed by atoms with Gasteiger partial charge in [0.05, 0.1) is 5.49 Å². The van der Waals surface area contributed by atoms with Crippen molar-refractivity contribution in [2.24, 2.45) is 5.41 Å². The molecule has 0 bridgehead atoms. The first kappa shape index (κ1) is 9.89. The fourth-order valence-corrected chi connectivity index (χ4v) is 1.23. The highest BCUT2D eigenvalue weighted by atomic mass is 32.1. The van der Waals surface area contributed by atoms with E-state index in [1.54, 1.807) is 5.49 Å². The number of hydrogen-bond donors (Lipinski definition) is 1. The van der Waals surface area contributed by atoms with E-state index in [2.05, 4.69) is 33.0 Å². The van der Waals surface area contributed by atoms with Gasteiger partial charge in [0.1, 0.15) is 0 Å². The van der Waals surface area contributed by atoms with Crippen LogP contribution in [0.15, 0.2) is 0 Å². The maximum absolute atomic E-state index is 4.73. The molecule has 0 aliphatic rings. The molecule has 0 heterocycles. The lowest BCUT2D eigenvalue weighted by Crippen LogP contribution is -2.38. The minimum Gasteiger partial charge on any atom is -0.379 e. The van der Waals surface area contributed by atoms with E-state index < -0.39 is 0 Å². The van der Waals surface area contributed by atoms with Crippen molar-refractivity contribution in [1.82, 2.24) is 5.32 Å². The fraction of sp³-hybridized carbons (Fsp3) is 0.875.